The lowest BCUT2D eigenvalue weighted by molar-refractivity contribution is -0.145. The van der Waals surface area contributed by atoms with Gasteiger partial charge in [0, 0.05) is 6.21 Å². The molecule has 0 aliphatic heterocycles. The lowest BCUT2D eigenvalue weighted by atomic mass is 10.2. The van der Waals surface area contributed by atoms with Crippen molar-refractivity contribution in [2.75, 3.05) is 20.3 Å². The van der Waals surface area contributed by atoms with Crippen LogP contribution >= 0.6 is 0 Å². The Hall–Kier alpha value is -3.55. The van der Waals surface area contributed by atoms with Crippen LogP contribution in [-0.2, 0) is 9.53 Å². The monoisotopic (exact) mass is 369 g/mol. The maximum absolute atomic E-state index is 11.4. The van der Waals surface area contributed by atoms with Crippen LogP contribution in [0.4, 0.5) is 5.69 Å². The Morgan fingerprint density at radius 1 is 1.11 bits per heavy atom. The Kier molecular flexibility index (Phi) is 5.55. The van der Waals surface area contributed by atoms with E-state index in [2.05, 4.69) is 15.0 Å². The second-order valence-electron chi connectivity index (χ2n) is 5.57. The lowest BCUT2D eigenvalue weighted by Gasteiger charge is -2.10. The Balaban J connectivity index is 1.74. The molecule has 2 aromatic carbocycles. The standard InChI is InChI=1S/C19H19N3O5/c1-3-26-18(23)11-27-16-7-4-12(8-17(16)25-2)10-20-13-5-6-14-15(9-13)22-19(24)21-14/h4-10H,3,11H2,1-2H3,(H2,21,22,24). The van der Waals surface area contributed by atoms with E-state index in [0.29, 0.717) is 29.3 Å². The number of aromatic nitrogens is 2. The van der Waals surface area contributed by atoms with Gasteiger partial charge in [0.05, 0.1) is 30.4 Å². The minimum Gasteiger partial charge on any atom is -0.493 e. The molecule has 3 rings (SSSR count). The van der Waals surface area contributed by atoms with Crippen molar-refractivity contribution < 1.29 is 19.0 Å². The summed E-state index contributed by atoms with van der Waals surface area (Å²) >= 11 is 0. The smallest absolute Gasteiger partial charge is 0.344 e. The molecule has 0 spiro atoms. The fraction of sp³-hybridized carbons (Fsp3) is 0.211. The SMILES string of the molecule is CCOC(=O)COc1ccc(C=Nc2ccc3[nH]c(=O)[nH]c3c2)cc1OC. The van der Waals surface area contributed by atoms with Crippen LogP contribution in [0.25, 0.3) is 11.0 Å². The summed E-state index contributed by atoms with van der Waals surface area (Å²) in [5.41, 5.74) is 2.64. The predicted molar refractivity (Wildman–Crippen MR) is 101 cm³/mol. The van der Waals surface area contributed by atoms with Gasteiger partial charge in [0.1, 0.15) is 0 Å². The molecular formula is C19H19N3O5. The Morgan fingerprint density at radius 3 is 2.70 bits per heavy atom. The number of methoxy groups -OCH3 is 1. The van der Waals surface area contributed by atoms with Gasteiger partial charge in [0.25, 0.3) is 0 Å². The van der Waals surface area contributed by atoms with Gasteiger partial charge in [-0.1, -0.05) is 0 Å². The fourth-order valence-corrected chi connectivity index (χ4v) is 2.47. The molecule has 0 radical (unpaired) electrons. The van der Waals surface area contributed by atoms with Gasteiger partial charge in [-0.2, -0.15) is 0 Å². The molecular weight excluding hydrogens is 350 g/mol. The Morgan fingerprint density at radius 2 is 1.93 bits per heavy atom. The quantitative estimate of drug-likeness (QED) is 0.492. The van der Waals surface area contributed by atoms with E-state index in [4.69, 9.17) is 14.2 Å². The van der Waals surface area contributed by atoms with Gasteiger partial charge < -0.3 is 24.2 Å². The highest BCUT2D eigenvalue weighted by molar-refractivity contribution is 5.85. The zero-order valence-corrected chi connectivity index (χ0v) is 14.9. The number of H-pyrrole nitrogens is 2. The number of aromatic amines is 2. The van der Waals surface area contributed by atoms with Crippen molar-refractivity contribution in [1.29, 1.82) is 0 Å². The van der Waals surface area contributed by atoms with Gasteiger partial charge in [-0.05, 0) is 48.9 Å². The first-order chi connectivity index (χ1) is 13.1. The average Bonchev–Trinajstić information content (AvgIpc) is 3.04. The molecule has 8 heteroatoms. The molecule has 0 amide bonds. The van der Waals surface area contributed by atoms with E-state index in [1.165, 1.54) is 7.11 Å². The molecule has 0 fully saturated rings. The van der Waals surface area contributed by atoms with Crippen LogP contribution < -0.4 is 15.2 Å². The van der Waals surface area contributed by atoms with Crippen molar-refractivity contribution in [3.8, 4) is 11.5 Å². The van der Waals surface area contributed by atoms with Crippen LogP contribution in [0.3, 0.4) is 0 Å². The van der Waals surface area contributed by atoms with Gasteiger partial charge in [0.15, 0.2) is 18.1 Å². The maximum atomic E-state index is 11.4. The number of aliphatic imine (C=N–C) groups is 1. The second-order valence-corrected chi connectivity index (χ2v) is 5.57. The summed E-state index contributed by atoms with van der Waals surface area (Å²) < 4.78 is 15.6. The first kappa shape index (κ1) is 18.2. The molecule has 0 saturated carbocycles. The van der Waals surface area contributed by atoms with E-state index in [1.807, 2.05) is 0 Å². The first-order valence-electron chi connectivity index (χ1n) is 8.31. The third-order valence-corrected chi connectivity index (χ3v) is 3.70. The predicted octanol–water partition coefficient (Wildman–Crippen LogP) is 2.56. The van der Waals surface area contributed by atoms with Gasteiger partial charge in [-0.3, -0.25) is 4.99 Å². The molecule has 0 unspecified atom stereocenters. The maximum Gasteiger partial charge on any atom is 0.344 e. The van der Waals surface area contributed by atoms with E-state index in [9.17, 15) is 9.59 Å². The molecule has 140 valence electrons. The van der Waals surface area contributed by atoms with E-state index in [1.54, 1.807) is 49.5 Å². The number of ether oxygens (including phenoxy) is 3. The molecule has 0 atom stereocenters. The zero-order valence-electron chi connectivity index (χ0n) is 14.9. The third-order valence-electron chi connectivity index (χ3n) is 3.70. The van der Waals surface area contributed by atoms with E-state index >= 15 is 0 Å². The number of esters is 1. The molecule has 0 aliphatic carbocycles. The second kappa shape index (κ2) is 8.22. The Labute approximate surface area is 154 Å². The zero-order chi connectivity index (χ0) is 19.2. The topological polar surface area (TPSA) is 106 Å². The summed E-state index contributed by atoms with van der Waals surface area (Å²) in [5, 5.41) is 0. The number of fused-ring (bicyclic) bond motifs is 1. The minimum absolute atomic E-state index is 0.188. The number of nitrogens with zero attached hydrogens (tertiary/aromatic N) is 1. The van der Waals surface area contributed by atoms with Crippen LogP contribution in [0.1, 0.15) is 12.5 Å². The fourth-order valence-electron chi connectivity index (χ4n) is 2.47. The molecule has 27 heavy (non-hydrogen) atoms. The Bertz CT molecular complexity index is 1040. The molecule has 2 N–H and O–H groups in total. The summed E-state index contributed by atoms with van der Waals surface area (Å²) in [5.74, 6) is 0.478. The summed E-state index contributed by atoms with van der Waals surface area (Å²) in [6.07, 6.45) is 1.67. The van der Waals surface area contributed by atoms with E-state index in [0.717, 1.165) is 11.1 Å². The van der Waals surface area contributed by atoms with Crippen LogP contribution in [-0.4, -0.2) is 42.5 Å². The van der Waals surface area contributed by atoms with Gasteiger partial charge in [0.2, 0.25) is 0 Å². The first-order valence-corrected chi connectivity index (χ1v) is 8.31. The average molecular weight is 369 g/mol. The van der Waals surface area contributed by atoms with Crippen LogP contribution in [0.2, 0.25) is 0 Å². The number of rotatable bonds is 7. The van der Waals surface area contributed by atoms with Crippen molar-refractivity contribution in [3.63, 3.8) is 0 Å². The van der Waals surface area contributed by atoms with Crippen LogP contribution in [0, 0.1) is 0 Å². The van der Waals surface area contributed by atoms with Crippen molar-refractivity contribution in [2.45, 2.75) is 6.92 Å². The molecule has 0 aliphatic rings. The lowest BCUT2D eigenvalue weighted by Crippen LogP contribution is -2.14. The number of hydrogen-bond donors (Lipinski definition) is 2. The minimum atomic E-state index is -0.441. The number of carbonyl (C=O) groups excluding carboxylic acids is 1. The molecule has 8 nitrogen and oxygen atoms in total. The highest BCUT2D eigenvalue weighted by Crippen LogP contribution is 2.28. The summed E-state index contributed by atoms with van der Waals surface area (Å²) in [4.78, 5) is 32.5. The van der Waals surface area contributed by atoms with Gasteiger partial charge in [-0.25, -0.2) is 9.59 Å². The van der Waals surface area contributed by atoms with Crippen molar-refractivity contribution in [2.24, 2.45) is 4.99 Å². The summed E-state index contributed by atoms with van der Waals surface area (Å²) in [7, 11) is 1.52. The largest absolute Gasteiger partial charge is 0.493 e. The van der Waals surface area contributed by atoms with Gasteiger partial charge in [-0.15, -0.1) is 0 Å². The van der Waals surface area contributed by atoms with Crippen molar-refractivity contribution in [3.05, 3.63) is 52.4 Å². The van der Waals surface area contributed by atoms with Crippen LogP contribution in [0.15, 0.2) is 46.2 Å². The number of hydrogen-bond acceptors (Lipinski definition) is 6. The number of benzene rings is 2. The number of carbonyl (C=O) groups is 1. The van der Waals surface area contributed by atoms with Gasteiger partial charge >= 0.3 is 11.7 Å². The number of nitrogens with one attached hydrogen (secondary N) is 2. The number of imidazole rings is 1. The van der Waals surface area contributed by atoms with Crippen molar-refractivity contribution >= 4 is 28.9 Å². The highest BCUT2D eigenvalue weighted by atomic mass is 16.6. The normalized spacial score (nSPS) is 11.0. The van der Waals surface area contributed by atoms with E-state index in [-0.39, 0.29) is 12.3 Å². The summed E-state index contributed by atoms with van der Waals surface area (Å²) in [6.45, 7) is 1.85. The molecule has 0 bridgehead atoms. The molecule has 3 aromatic rings. The molecule has 1 heterocycles. The molecule has 1 aromatic heterocycles. The summed E-state index contributed by atoms with van der Waals surface area (Å²) in [6, 6.07) is 10.6. The van der Waals surface area contributed by atoms with E-state index < -0.39 is 5.97 Å². The highest BCUT2D eigenvalue weighted by Gasteiger charge is 2.08. The molecule has 0 saturated heterocycles. The van der Waals surface area contributed by atoms with Crippen molar-refractivity contribution in [1.82, 2.24) is 9.97 Å². The third kappa shape index (κ3) is 4.55. The van der Waals surface area contributed by atoms with Crippen LogP contribution in [0.5, 0.6) is 11.5 Å².